The van der Waals surface area contributed by atoms with Crippen LogP contribution in [-0.2, 0) is 4.79 Å². The minimum absolute atomic E-state index is 0.0132. The molecule has 0 N–H and O–H groups in total. The van der Waals surface area contributed by atoms with Crippen LogP contribution in [0.3, 0.4) is 0 Å². The SMILES string of the molecule is CC(=O)N1CCN(C(=O)c2c(C)nn(-c3ccccc3C)c2C(C)C)CC1. The highest BCUT2D eigenvalue weighted by atomic mass is 16.2. The first-order valence-corrected chi connectivity index (χ1v) is 9.51. The Hall–Kier alpha value is -2.63. The molecule has 2 amide bonds. The third-order valence-electron chi connectivity index (χ3n) is 5.21. The molecular formula is C21H28N4O2. The largest absolute Gasteiger partial charge is 0.339 e. The van der Waals surface area contributed by atoms with E-state index < -0.39 is 0 Å². The molecule has 1 aliphatic rings. The Labute approximate surface area is 160 Å². The number of hydrogen-bond donors (Lipinski definition) is 0. The van der Waals surface area contributed by atoms with E-state index in [0.29, 0.717) is 31.7 Å². The Morgan fingerprint density at radius 1 is 1.00 bits per heavy atom. The molecule has 1 saturated heterocycles. The average Bonchev–Trinajstić information content (AvgIpc) is 2.98. The Bertz CT molecular complexity index is 861. The zero-order valence-corrected chi connectivity index (χ0v) is 16.8. The third kappa shape index (κ3) is 3.61. The van der Waals surface area contributed by atoms with Crippen molar-refractivity contribution in [2.45, 2.75) is 40.5 Å². The van der Waals surface area contributed by atoms with Gasteiger partial charge in [-0.05, 0) is 31.4 Å². The molecule has 1 aliphatic heterocycles. The van der Waals surface area contributed by atoms with Crippen molar-refractivity contribution in [2.75, 3.05) is 26.2 Å². The van der Waals surface area contributed by atoms with Crippen molar-refractivity contribution >= 4 is 11.8 Å². The molecule has 1 aromatic carbocycles. The number of benzene rings is 1. The summed E-state index contributed by atoms with van der Waals surface area (Å²) in [5.74, 6) is 0.232. The molecule has 27 heavy (non-hydrogen) atoms. The molecule has 0 radical (unpaired) electrons. The van der Waals surface area contributed by atoms with Crippen LogP contribution in [0.2, 0.25) is 0 Å². The topological polar surface area (TPSA) is 58.4 Å². The quantitative estimate of drug-likeness (QED) is 0.837. The van der Waals surface area contributed by atoms with Crippen molar-refractivity contribution in [2.24, 2.45) is 0 Å². The summed E-state index contributed by atoms with van der Waals surface area (Å²) in [6.45, 7) is 12.0. The smallest absolute Gasteiger partial charge is 0.257 e. The molecule has 0 unspecified atom stereocenters. The fraction of sp³-hybridized carbons (Fsp3) is 0.476. The van der Waals surface area contributed by atoms with E-state index in [-0.39, 0.29) is 17.7 Å². The van der Waals surface area contributed by atoms with Crippen LogP contribution in [0.25, 0.3) is 5.69 Å². The summed E-state index contributed by atoms with van der Waals surface area (Å²) >= 11 is 0. The first-order valence-electron chi connectivity index (χ1n) is 9.51. The van der Waals surface area contributed by atoms with Crippen molar-refractivity contribution in [3.05, 3.63) is 46.8 Å². The number of nitrogens with zero attached hydrogens (tertiary/aromatic N) is 4. The lowest BCUT2D eigenvalue weighted by molar-refractivity contribution is -0.130. The number of aryl methyl sites for hydroxylation is 2. The van der Waals surface area contributed by atoms with Gasteiger partial charge in [0.15, 0.2) is 0 Å². The highest BCUT2D eigenvalue weighted by Gasteiger charge is 2.30. The van der Waals surface area contributed by atoms with E-state index in [1.165, 1.54) is 0 Å². The van der Waals surface area contributed by atoms with E-state index >= 15 is 0 Å². The van der Waals surface area contributed by atoms with Crippen molar-refractivity contribution in [1.82, 2.24) is 19.6 Å². The predicted octanol–water partition coefficient (Wildman–Crippen LogP) is 2.92. The molecule has 3 rings (SSSR count). The maximum atomic E-state index is 13.3. The molecule has 144 valence electrons. The standard InChI is InChI=1S/C21H28N4O2/c1-14(2)20-19(21(27)24-12-10-23(11-13-24)17(5)26)16(4)22-25(20)18-9-7-6-8-15(18)3/h6-9,14H,10-13H2,1-5H3. The molecule has 1 aromatic heterocycles. The fourth-order valence-electron chi connectivity index (χ4n) is 3.71. The van der Waals surface area contributed by atoms with Gasteiger partial charge in [0.05, 0.1) is 22.6 Å². The fourth-order valence-corrected chi connectivity index (χ4v) is 3.71. The lowest BCUT2D eigenvalue weighted by atomic mass is 10.0. The summed E-state index contributed by atoms with van der Waals surface area (Å²) in [4.78, 5) is 28.5. The second kappa shape index (κ2) is 7.55. The van der Waals surface area contributed by atoms with Crippen molar-refractivity contribution < 1.29 is 9.59 Å². The van der Waals surface area contributed by atoms with E-state index in [9.17, 15) is 9.59 Å². The van der Waals surface area contributed by atoms with Gasteiger partial charge in [-0.3, -0.25) is 9.59 Å². The summed E-state index contributed by atoms with van der Waals surface area (Å²) in [6.07, 6.45) is 0. The molecule has 6 nitrogen and oxygen atoms in total. The van der Waals surface area contributed by atoms with Crippen LogP contribution in [0, 0.1) is 13.8 Å². The van der Waals surface area contributed by atoms with Crippen molar-refractivity contribution in [1.29, 1.82) is 0 Å². The molecule has 2 aromatic rings. The van der Waals surface area contributed by atoms with Gasteiger partial charge in [0.2, 0.25) is 5.91 Å². The van der Waals surface area contributed by atoms with Crippen LogP contribution in [-0.4, -0.2) is 57.6 Å². The number of para-hydroxylation sites is 1. The predicted molar refractivity (Wildman–Crippen MR) is 105 cm³/mol. The maximum absolute atomic E-state index is 13.3. The number of carbonyl (C=O) groups excluding carboxylic acids is 2. The monoisotopic (exact) mass is 368 g/mol. The van der Waals surface area contributed by atoms with Crippen LogP contribution in [0.1, 0.15) is 54.0 Å². The summed E-state index contributed by atoms with van der Waals surface area (Å²) in [7, 11) is 0. The maximum Gasteiger partial charge on any atom is 0.257 e. The zero-order valence-electron chi connectivity index (χ0n) is 16.8. The Morgan fingerprint density at radius 3 is 2.15 bits per heavy atom. The van der Waals surface area contributed by atoms with E-state index in [2.05, 4.69) is 26.8 Å². The number of hydrogen-bond acceptors (Lipinski definition) is 3. The average molecular weight is 368 g/mol. The summed E-state index contributed by atoms with van der Waals surface area (Å²) < 4.78 is 1.92. The van der Waals surface area contributed by atoms with Gasteiger partial charge in [0.25, 0.3) is 5.91 Å². The number of carbonyl (C=O) groups is 2. The van der Waals surface area contributed by atoms with Gasteiger partial charge in [-0.2, -0.15) is 5.10 Å². The van der Waals surface area contributed by atoms with Gasteiger partial charge in [-0.25, -0.2) is 4.68 Å². The van der Waals surface area contributed by atoms with Crippen LogP contribution in [0.4, 0.5) is 0 Å². The first-order chi connectivity index (χ1) is 12.8. The Morgan fingerprint density at radius 2 is 1.59 bits per heavy atom. The third-order valence-corrected chi connectivity index (χ3v) is 5.21. The highest BCUT2D eigenvalue weighted by Crippen LogP contribution is 2.28. The molecule has 2 heterocycles. The van der Waals surface area contributed by atoms with Crippen molar-refractivity contribution in [3.8, 4) is 5.69 Å². The molecular weight excluding hydrogens is 340 g/mol. The summed E-state index contributed by atoms with van der Waals surface area (Å²) in [5, 5.41) is 4.73. The lowest BCUT2D eigenvalue weighted by Gasteiger charge is -2.34. The molecule has 1 fully saturated rings. The molecule has 0 atom stereocenters. The second-order valence-electron chi connectivity index (χ2n) is 7.50. The highest BCUT2D eigenvalue weighted by molar-refractivity contribution is 5.97. The van der Waals surface area contributed by atoms with Crippen LogP contribution < -0.4 is 0 Å². The normalized spacial score (nSPS) is 14.7. The van der Waals surface area contributed by atoms with E-state index in [1.807, 2.05) is 34.7 Å². The van der Waals surface area contributed by atoms with E-state index in [0.717, 1.165) is 22.6 Å². The molecule has 6 heteroatoms. The number of rotatable bonds is 3. The number of amides is 2. The number of piperazine rings is 1. The van der Waals surface area contributed by atoms with Gasteiger partial charge >= 0.3 is 0 Å². The Kier molecular flexibility index (Phi) is 5.35. The minimum Gasteiger partial charge on any atom is -0.339 e. The summed E-state index contributed by atoms with van der Waals surface area (Å²) in [6, 6.07) is 8.09. The van der Waals surface area contributed by atoms with Crippen LogP contribution >= 0.6 is 0 Å². The minimum atomic E-state index is 0.0132. The van der Waals surface area contributed by atoms with E-state index in [4.69, 9.17) is 5.10 Å². The van der Waals surface area contributed by atoms with Crippen molar-refractivity contribution in [3.63, 3.8) is 0 Å². The Balaban J connectivity index is 1.98. The zero-order chi connectivity index (χ0) is 19.7. The van der Waals surface area contributed by atoms with Gasteiger partial charge in [0, 0.05) is 33.1 Å². The van der Waals surface area contributed by atoms with Gasteiger partial charge in [-0.1, -0.05) is 32.0 Å². The molecule has 0 bridgehead atoms. The lowest BCUT2D eigenvalue weighted by Crippen LogP contribution is -2.50. The van der Waals surface area contributed by atoms with Crippen LogP contribution in [0.5, 0.6) is 0 Å². The van der Waals surface area contributed by atoms with Gasteiger partial charge in [0.1, 0.15) is 0 Å². The second-order valence-corrected chi connectivity index (χ2v) is 7.50. The van der Waals surface area contributed by atoms with Gasteiger partial charge < -0.3 is 9.80 Å². The summed E-state index contributed by atoms with van der Waals surface area (Å²) in [5.41, 5.74) is 4.52. The molecule has 0 saturated carbocycles. The van der Waals surface area contributed by atoms with Crippen LogP contribution in [0.15, 0.2) is 24.3 Å². The molecule has 0 spiro atoms. The molecule has 0 aliphatic carbocycles. The number of aromatic nitrogens is 2. The van der Waals surface area contributed by atoms with Gasteiger partial charge in [-0.15, -0.1) is 0 Å². The first kappa shape index (κ1) is 19.1. The van der Waals surface area contributed by atoms with E-state index in [1.54, 1.807) is 11.8 Å².